The first-order valence-electron chi connectivity index (χ1n) is 5.82. The summed E-state index contributed by atoms with van der Waals surface area (Å²) in [5, 5.41) is 11.6. The van der Waals surface area contributed by atoms with Gasteiger partial charge in [-0.2, -0.15) is 0 Å². The van der Waals surface area contributed by atoms with Crippen LogP contribution < -0.4 is 10.3 Å². The summed E-state index contributed by atoms with van der Waals surface area (Å²) >= 11 is 0. The van der Waals surface area contributed by atoms with Gasteiger partial charge >= 0.3 is 0 Å². The van der Waals surface area contributed by atoms with E-state index in [9.17, 15) is 9.59 Å². The zero-order chi connectivity index (χ0) is 13.0. The van der Waals surface area contributed by atoms with Crippen LogP contribution in [0.3, 0.4) is 0 Å². The van der Waals surface area contributed by atoms with Crippen LogP contribution in [0.5, 0.6) is 0 Å². The zero-order valence-electron chi connectivity index (χ0n) is 9.78. The van der Waals surface area contributed by atoms with Gasteiger partial charge in [0, 0.05) is 11.3 Å². The topological polar surface area (TPSA) is 80.1 Å². The van der Waals surface area contributed by atoms with Crippen molar-refractivity contribution in [1.82, 2.24) is 14.9 Å². The number of para-hydroxylation sites is 1. The molecule has 1 spiro atoms. The Morgan fingerprint density at radius 2 is 1.89 bits per heavy atom. The molecule has 94 valence electrons. The lowest BCUT2D eigenvalue weighted by atomic mass is 9.80. The molecule has 1 N–H and O–H groups in total. The van der Waals surface area contributed by atoms with E-state index in [0.717, 1.165) is 11.3 Å². The molecule has 7 heteroatoms. The van der Waals surface area contributed by atoms with Crippen molar-refractivity contribution in [3.63, 3.8) is 0 Å². The number of benzene rings is 1. The van der Waals surface area contributed by atoms with E-state index < -0.39 is 5.54 Å². The van der Waals surface area contributed by atoms with Crippen molar-refractivity contribution in [2.75, 3.05) is 10.3 Å². The smallest absolute Gasteiger partial charge is 0.257 e. The van der Waals surface area contributed by atoms with E-state index in [2.05, 4.69) is 15.5 Å². The van der Waals surface area contributed by atoms with Gasteiger partial charge in [-0.25, -0.2) is 9.69 Å². The highest BCUT2D eigenvalue weighted by Gasteiger charge is 2.62. The van der Waals surface area contributed by atoms with Crippen LogP contribution in [0.2, 0.25) is 0 Å². The lowest BCUT2D eigenvalue weighted by molar-refractivity contribution is -0.139. The Morgan fingerprint density at radius 3 is 2.63 bits per heavy atom. The van der Waals surface area contributed by atoms with Gasteiger partial charge < -0.3 is 5.32 Å². The van der Waals surface area contributed by atoms with Crippen LogP contribution >= 0.6 is 0 Å². The van der Waals surface area contributed by atoms with Gasteiger partial charge in [-0.1, -0.05) is 18.2 Å². The van der Waals surface area contributed by atoms with Crippen molar-refractivity contribution in [3.05, 3.63) is 42.5 Å². The number of fused-ring (bicyclic) bond motifs is 2. The Balaban J connectivity index is 1.91. The first-order valence-corrected chi connectivity index (χ1v) is 5.82. The molecule has 1 atom stereocenters. The van der Waals surface area contributed by atoms with Gasteiger partial charge in [0.15, 0.2) is 5.54 Å². The Bertz CT molecular complexity index is 696. The molecule has 3 heterocycles. The Morgan fingerprint density at radius 1 is 1.16 bits per heavy atom. The quantitative estimate of drug-likeness (QED) is 0.727. The average Bonchev–Trinajstić information content (AvgIpc) is 2.98. The summed E-state index contributed by atoms with van der Waals surface area (Å²) in [7, 11) is 0. The highest BCUT2D eigenvalue weighted by molar-refractivity contribution is 6.17. The standard InChI is InChI=1S/C12H9N5O2/c18-10-5-12(17(10)16-6-13-14-7-16)8-3-1-2-4-9(8)15-11(12)19/h1-4,6-7H,5H2,(H,15,19). The Labute approximate surface area is 107 Å². The van der Waals surface area contributed by atoms with Crippen molar-refractivity contribution < 1.29 is 9.59 Å². The summed E-state index contributed by atoms with van der Waals surface area (Å²) in [6.45, 7) is 0. The number of aromatic nitrogens is 3. The number of nitrogens with zero attached hydrogens (tertiary/aromatic N) is 4. The summed E-state index contributed by atoms with van der Waals surface area (Å²) in [5.41, 5.74) is 0.599. The SMILES string of the molecule is O=C1CC2(C(=O)Nc3ccccc32)N1n1cnnc1. The highest BCUT2D eigenvalue weighted by Crippen LogP contribution is 2.47. The van der Waals surface area contributed by atoms with E-state index in [1.807, 2.05) is 24.3 Å². The maximum Gasteiger partial charge on any atom is 0.257 e. The summed E-state index contributed by atoms with van der Waals surface area (Å²) in [4.78, 5) is 24.2. The second kappa shape index (κ2) is 3.19. The summed E-state index contributed by atoms with van der Waals surface area (Å²) in [6.07, 6.45) is 2.98. The molecule has 2 aromatic rings. The predicted molar refractivity (Wildman–Crippen MR) is 64.6 cm³/mol. The van der Waals surface area contributed by atoms with Crippen LogP contribution in [-0.2, 0) is 15.1 Å². The highest BCUT2D eigenvalue weighted by atomic mass is 16.2. The molecule has 0 saturated carbocycles. The van der Waals surface area contributed by atoms with E-state index in [0.29, 0.717) is 0 Å². The van der Waals surface area contributed by atoms with Crippen molar-refractivity contribution in [1.29, 1.82) is 0 Å². The maximum atomic E-state index is 12.3. The van der Waals surface area contributed by atoms with Gasteiger partial charge in [0.1, 0.15) is 12.7 Å². The molecular formula is C12H9N5O2. The predicted octanol–water partition coefficient (Wildman–Crippen LogP) is -0.00600. The molecule has 1 saturated heterocycles. The molecule has 2 aliphatic heterocycles. The normalized spacial score (nSPS) is 24.3. The largest absolute Gasteiger partial charge is 0.323 e. The fourth-order valence-electron chi connectivity index (χ4n) is 2.80. The zero-order valence-corrected chi connectivity index (χ0v) is 9.78. The van der Waals surface area contributed by atoms with Crippen LogP contribution in [0.1, 0.15) is 12.0 Å². The number of β-lactam (4-membered cyclic amide) rings is 1. The van der Waals surface area contributed by atoms with Crippen molar-refractivity contribution in [3.8, 4) is 0 Å². The van der Waals surface area contributed by atoms with Gasteiger partial charge in [-0.3, -0.25) is 9.59 Å². The Kier molecular flexibility index (Phi) is 1.72. The second-order valence-corrected chi connectivity index (χ2v) is 4.58. The molecule has 4 rings (SSSR count). The number of hydrogen-bond acceptors (Lipinski definition) is 4. The third-order valence-electron chi connectivity index (χ3n) is 3.64. The second-order valence-electron chi connectivity index (χ2n) is 4.58. The molecule has 1 fully saturated rings. The molecule has 1 aromatic carbocycles. The van der Waals surface area contributed by atoms with Crippen molar-refractivity contribution in [2.24, 2.45) is 0 Å². The molecule has 0 radical (unpaired) electrons. The third-order valence-corrected chi connectivity index (χ3v) is 3.64. The number of rotatable bonds is 1. The minimum atomic E-state index is -0.962. The van der Waals surface area contributed by atoms with Gasteiger partial charge in [-0.05, 0) is 6.07 Å². The molecule has 19 heavy (non-hydrogen) atoms. The van der Waals surface area contributed by atoms with Crippen LogP contribution in [0.4, 0.5) is 5.69 Å². The minimum absolute atomic E-state index is 0.133. The van der Waals surface area contributed by atoms with Gasteiger partial charge in [0.05, 0.1) is 6.42 Å². The van der Waals surface area contributed by atoms with Crippen LogP contribution in [0, 0.1) is 0 Å². The lowest BCUT2D eigenvalue weighted by Gasteiger charge is -2.47. The van der Waals surface area contributed by atoms with E-state index in [4.69, 9.17) is 0 Å². The number of carbonyl (C=O) groups excluding carboxylic acids is 2. The fraction of sp³-hybridized carbons (Fsp3) is 0.167. The third kappa shape index (κ3) is 1.07. The van der Waals surface area contributed by atoms with Crippen LogP contribution in [0.25, 0.3) is 0 Å². The summed E-state index contributed by atoms with van der Waals surface area (Å²) < 4.78 is 1.45. The van der Waals surface area contributed by atoms with E-state index in [1.165, 1.54) is 22.3 Å². The molecule has 1 aromatic heterocycles. The minimum Gasteiger partial charge on any atom is -0.323 e. The van der Waals surface area contributed by atoms with E-state index in [-0.39, 0.29) is 18.2 Å². The van der Waals surface area contributed by atoms with Crippen molar-refractivity contribution in [2.45, 2.75) is 12.0 Å². The molecule has 7 nitrogen and oxygen atoms in total. The average molecular weight is 255 g/mol. The lowest BCUT2D eigenvalue weighted by Crippen LogP contribution is -2.69. The molecule has 1 unspecified atom stereocenters. The molecule has 2 aliphatic rings. The van der Waals surface area contributed by atoms with E-state index in [1.54, 1.807) is 0 Å². The van der Waals surface area contributed by atoms with Crippen LogP contribution in [-0.4, -0.2) is 26.7 Å². The number of anilines is 1. The van der Waals surface area contributed by atoms with Crippen LogP contribution in [0.15, 0.2) is 36.9 Å². The van der Waals surface area contributed by atoms with Gasteiger partial charge in [0.2, 0.25) is 5.91 Å². The Hall–Kier alpha value is -2.70. The molecule has 0 aliphatic carbocycles. The van der Waals surface area contributed by atoms with Gasteiger partial charge in [0.25, 0.3) is 5.91 Å². The maximum absolute atomic E-state index is 12.3. The summed E-state index contributed by atoms with van der Waals surface area (Å²) in [6, 6.07) is 7.39. The molecule has 0 bridgehead atoms. The summed E-state index contributed by atoms with van der Waals surface area (Å²) in [5.74, 6) is -0.325. The first-order chi connectivity index (χ1) is 9.23. The number of hydrogen-bond donors (Lipinski definition) is 1. The number of carbonyl (C=O) groups is 2. The monoisotopic (exact) mass is 255 g/mol. The fourth-order valence-corrected chi connectivity index (χ4v) is 2.80. The van der Waals surface area contributed by atoms with Crippen molar-refractivity contribution >= 4 is 17.5 Å². The number of nitrogens with one attached hydrogen (secondary N) is 1. The molecular weight excluding hydrogens is 246 g/mol. The van der Waals surface area contributed by atoms with Gasteiger partial charge in [-0.15, -0.1) is 10.2 Å². The first kappa shape index (κ1) is 10.2. The van der Waals surface area contributed by atoms with E-state index >= 15 is 0 Å². The number of amides is 2. The molecule has 2 amide bonds.